The van der Waals surface area contributed by atoms with Crippen LogP contribution in [0, 0.1) is 5.82 Å². The average molecular weight is 543 g/mol. The van der Waals surface area contributed by atoms with E-state index in [0.717, 1.165) is 38.3 Å². The fraction of sp³-hybridized carbons (Fsp3) is 0.476. The molecule has 1 amide bonds. The highest BCUT2D eigenvalue weighted by Crippen LogP contribution is 2.17. The monoisotopic (exact) mass is 543 g/mol. The van der Waals surface area contributed by atoms with Gasteiger partial charge in [0.2, 0.25) is 5.91 Å². The van der Waals surface area contributed by atoms with Crippen LogP contribution in [0.5, 0.6) is 0 Å². The van der Waals surface area contributed by atoms with Crippen molar-refractivity contribution in [2.75, 3.05) is 51.2 Å². The highest BCUT2D eigenvalue weighted by Gasteiger charge is 2.21. The number of anilines is 1. The van der Waals surface area contributed by atoms with E-state index >= 15 is 0 Å². The summed E-state index contributed by atoms with van der Waals surface area (Å²) in [5.41, 5.74) is 0.993. The van der Waals surface area contributed by atoms with Gasteiger partial charge in [0.25, 0.3) is 0 Å². The molecule has 10 heteroatoms. The third kappa shape index (κ3) is 8.00. The highest BCUT2D eigenvalue weighted by atomic mass is 127. The summed E-state index contributed by atoms with van der Waals surface area (Å²) in [6.07, 6.45) is 5.07. The van der Waals surface area contributed by atoms with E-state index in [2.05, 4.69) is 25.6 Å². The van der Waals surface area contributed by atoms with Crippen LogP contribution < -0.4 is 15.5 Å². The van der Waals surface area contributed by atoms with Gasteiger partial charge in [-0.1, -0.05) is 0 Å². The van der Waals surface area contributed by atoms with Crippen LogP contribution in [0.15, 0.2) is 47.7 Å². The predicted octanol–water partition coefficient (Wildman–Crippen LogP) is 1.93. The van der Waals surface area contributed by atoms with Gasteiger partial charge in [0.15, 0.2) is 5.96 Å². The molecule has 0 unspecified atom stereocenters. The molecule has 170 valence electrons. The molecule has 0 spiro atoms. The summed E-state index contributed by atoms with van der Waals surface area (Å²) >= 11 is 0. The number of halogens is 2. The number of carbonyl (C=O) groups excluding carboxylic acids is 1. The van der Waals surface area contributed by atoms with Gasteiger partial charge in [0, 0.05) is 77.4 Å². The summed E-state index contributed by atoms with van der Waals surface area (Å²) in [7, 11) is 1.72. The molecule has 2 N–H and O–H groups in total. The number of nitrogens with zero attached hydrogens (tertiary/aromatic N) is 5. The van der Waals surface area contributed by atoms with Crippen molar-refractivity contribution >= 4 is 41.5 Å². The molecule has 31 heavy (non-hydrogen) atoms. The van der Waals surface area contributed by atoms with Gasteiger partial charge in [-0.05, 0) is 36.8 Å². The molecular formula is C21H31FIN7O. The first-order valence-electron chi connectivity index (χ1n) is 10.4. The Bertz CT molecular complexity index is 806. The number of aryl methyl sites for hydroxylation is 1. The second-order valence-corrected chi connectivity index (χ2v) is 7.14. The number of amides is 1. The second-order valence-electron chi connectivity index (χ2n) is 7.14. The first-order chi connectivity index (χ1) is 14.7. The minimum Gasteiger partial charge on any atom is -0.368 e. The van der Waals surface area contributed by atoms with Crippen molar-refractivity contribution in [3.8, 4) is 0 Å². The van der Waals surface area contributed by atoms with E-state index < -0.39 is 0 Å². The van der Waals surface area contributed by atoms with Crippen molar-refractivity contribution in [3.63, 3.8) is 0 Å². The number of piperazine rings is 1. The standard InChI is InChI=1S/C21H30FN7O.HI/c1-23-21(24-9-2-12-29-13-3-10-26-29)25-11-8-20(30)28-16-14-27(15-17-28)19-6-4-18(22)5-7-19;/h3-7,10,13H,2,8-9,11-12,14-17H2,1H3,(H2,23,24,25);1H. The Kier molecular flexibility index (Phi) is 10.5. The van der Waals surface area contributed by atoms with Crippen molar-refractivity contribution in [2.45, 2.75) is 19.4 Å². The molecule has 1 aliphatic heterocycles. The van der Waals surface area contributed by atoms with Crippen LogP contribution in [0.1, 0.15) is 12.8 Å². The van der Waals surface area contributed by atoms with E-state index in [9.17, 15) is 9.18 Å². The van der Waals surface area contributed by atoms with Gasteiger partial charge in [-0.15, -0.1) is 24.0 Å². The lowest BCUT2D eigenvalue weighted by molar-refractivity contribution is -0.131. The minimum atomic E-state index is -0.234. The summed E-state index contributed by atoms with van der Waals surface area (Å²) in [5.74, 6) is 0.599. The van der Waals surface area contributed by atoms with Crippen LogP contribution >= 0.6 is 24.0 Å². The van der Waals surface area contributed by atoms with Gasteiger partial charge >= 0.3 is 0 Å². The third-order valence-corrected chi connectivity index (χ3v) is 5.09. The molecule has 1 aromatic carbocycles. The average Bonchev–Trinajstić information content (AvgIpc) is 3.29. The Balaban J connectivity index is 0.00000341. The number of carbonyl (C=O) groups is 1. The number of hydrogen-bond acceptors (Lipinski definition) is 4. The molecule has 0 radical (unpaired) electrons. The molecule has 8 nitrogen and oxygen atoms in total. The van der Waals surface area contributed by atoms with Crippen molar-refractivity contribution in [1.82, 2.24) is 25.3 Å². The first-order valence-corrected chi connectivity index (χ1v) is 10.4. The maximum Gasteiger partial charge on any atom is 0.224 e. The molecule has 1 aromatic heterocycles. The number of hydrogen-bond donors (Lipinski definition) is 2. The summed E-state index contributed by atoms with van der Waals surface area (Å²) in [4.78, 5) is 20.8. The van der Waals surface area contributed by atoms with E-state index in [1.54, 1.807) is 25.4 Å². The Labute approximate surface area is 199 Å². The largest absolute Gasteiger partial charge is 0.368 e. The number of rotatable bonds is 8. The van der Waals surface area contributed by atoms with Crippen molar-refractivity contribution < 1.29 is 9.18 Å². The van der Waals surface area contributed by atoms with E-state index in [4.69, 9.17) is 0 Å². The van der Waals surface area contributed by atoms with Gasteiger partial charge in [-0.3, -0.25) is 14.5 Å². The van der Waals surface area contributed by atoms with Crippen molar-refractivity contribution in [3.05, 3.63) is 48.5 Å². The topological polar surface area (TPSA) is 77.8 Å². The zero-order chi connectivity index (χ0) is 21.2. The Morgan fingerprint density at radius 3 is 2.48 bits per heavy atom. The second kappa shape index (κ2) is 13.1. The van der Waals surface area contributed by atoms with E-state index in [-0.39, 0.29) is 35.7 Å². The number of guanidine groups is 1. The van der Waals surface area contributed by atoms with Gasteiger partial charge in [0.05, 0.1) is 0 Å². The summed E-state index contributed by atoms with van der Waals surface area (Å²) in [6.45, 7) is 5.02. The predicted molar refractivity (Wildman–Crippen MR) is 131 cm³/mol. The van der Waals surface area contributed by atoms with Crippen molar-refractivity contribution in [1.29, 1.82) is 0 Å². The van der Waals surface area contributed by atoms with Crippen LogP contribution in [-0.4, -0.2) is 72.9 Å². The molecular weight excluding hydrogens is 512 g/mol. The lowest BCUT2D eigenvalue weighted by atomic mass is 10.2. The van der Waals surface area contributed by atoms with Crippen LogP contribution in [0.3, 0.4) is 0 Å². The van der Waals surface area contributed by atoms with Crippen LogP contribution in [0.25, 0.3) is 0 Å². The maximum absolute atomic E-state index is 13.1. The first kappa shape index (κ1) is 24.9. The minimum absolute atomic E-state index is 0. The van der Waals surface area contributed by atoms with Gasteiger partial charge in [0.1, 0.15) is 5.82 Å². The smallest absolute Gasteiger partial charge is 0.224 e. The number of aliphatic imine (C=N–C) groups is 1. The quantitative estimate of drug-likeness (QED) is 0.231. The van der Waals surface area contributed by atoms with Crippen LogP contribution in [0.2, 0.25) is 0 Å². The van der Waals surface area contributed by atoms with Gasteiger partial charge in [-0.2, -0.15) is 5.10 Å². The summed E-state index contributed by atoms with van der Waals surface area (Å²) in [6, 6.07) is 8.41. The molecule has 3 rings (SSSR count). The number of nitrogens with one attached hydrogen (secondary N) is 2. The fourth-order valence-corrected chi connectivity index (χ4v) is 3.41. The molecule has 0 bridgehead atoms. The Morgan fingerprint density at radius 1 is 1.13 bits per heavy atom. The third-order valence-electron chi connectivity index (χ3n) is 5.09. The lowest BCUT2D eigenvalue weighted by Crippen LogP contribution is -2.49. The SMILES string of the molecule is CN=C(NCCCn1cccn1)NCCC(=O)N1CCN(c2ccc(F)cc2)CC1.I. The van der Waals surface area contributed by atoms with Crippen LogP contribution in [-0.2, 0) is 11.3 Å². The molecule has 1 fully saturated rings. The molecule has 0 saturated carbocycles. The molecule has 1 saturated heterocycles. The van der Waals surface area contributed by atoms with E-state index in [1.165, 1.54) is 12.1 Å². The molecule has 0 aliphatic carbocycles. The Hall–Kier alpha value is -2.37. The number of benzene rings is 1. The number of aromatic nitrogens is 2. The summed E-state index contributed by atoms with van der Waals surface area (Å²) < 4.78 is 15.0. The summed E-state index contributed by atoms with van der Waals surface area (Å²) in [5, 5.41) is 10.6. The Morgan fingerprint density at radius 2 is 1.84 bits per heavy atom. The molecule has 0 atom stereocenters. The van der Waals surface area contributed by atoms with E-state index in [1.807, 2.05) is 21.8 Å². The fourth-order valence-electron chi connectivity index (χ4n) is 3.41. The van der Waals surface area contributed by atoms with E-state index in [0.29, 0.717) is 32.0 Å². The molecule has 2 heterocycles. The highest BCUT2D eigenvalue weighted by molar-refractivity contribution is 14.0. The van der Waals surface area contributed by atoms with Crippen molar-refractivity contribution in [2.24, 2.45) is 4.99 Å². The van der Waals surface area contributed by atoms with Gasteiger partial charge in [-0.25, -0.2) is 4.39 Å². The normalized spacial score (nSPS) is 14.2. The molecule has 2 aromatic rings. The van der Waals surface area contributed by atoms with Crippen LogP contribution in [0.4, 0.5) is 10.1 Å². The van der Waals surface area contributed by atoms with Gasteiger partial charge < -0.3 is 20.4 Å². The zero-order valence-electron chi connectivity index (χ0n) is 17.8. The lowest BCUT2D eigenvalue weighted by Gasteiger charge is -2.36. The zero-order valence-corrected chi connectivity index (χ0v) is 20.2. The maximum atomic E-state index is 13.1. The molecule has 1 aliphatic rings.